The van der Waals surface area contributed by atoms with Crippen molar-refractivity contribution in [2.24, 2.45) is 0 Å². The highest BCUT2D eigenvalue weighted by molar-refractivity contribution is 7.89. The van der Waals surface area contributed by atoms with Gasteiger partial charge in [0.2, 0.25) is 21.8 Å². The van der Waals surface area contributed by atoms with Gasteiger partial charge in [0, 0.05) is 20.1 Å². The third-order valence-electron chi connectivity index (χ3n) is 4.24. The van der Waals surface area contributed by atoms with Crippen molar-refractivity contribution in [2.75, 3.05) is 26.7 Å². The summed E-state index contributed by atoms with van der Waals surface area (Å²) in [5, 5.41) is 2.51. The number of rotatable bonds is 6. The molecule has 1 aromatic carbocycles. The second-order valence-corrected chi connectivity index (χ2v) is 7.74. The molecular formula is C16H22FN3O4S. The van der Waals surface area contributed by atoms with Gasteiger partial charge in [-0.05, 0) is 44.0 Å². The lowest BCUT2D eigenvalue weighted by Crippen LogP contribution is -2.48. The van der Waals surface area contributed by atoms with Gasteiger partial charge in [-0.2, -0.15) is 4.31 Å². The van der Waals surface area contributed by atoms with Crippen LogP contribution in [0.5, 0.6) is 0 Å². The van der Waals surface area contributed by atoms with Gasteiger partial charge in [0.1, 0.15) is 11.9 Å². The van der Waals surface area contributed by atoms with E-state index in [1.807, 2.05) is 6.92 Å². The number of sulfonamides is 1. The Bertz CT molecular complexity index is 736. The minimum Gasteiger partial charge on any atom is -0.346 e. The molecule has 0 radical (unpaired) electrons. The highest BCUT2D eigenvalue weighted by Crippen LogP contribution is 2.26. The summed E-state index contributed by atoms with van der Waals surface area (Å²) in [5.74, 6) is -1.28. The Morgan fingerprint density at radius 1 is 1.32 bits per heavy atom. The molecule has 0 bridgehead atoms. The maximum Gasteiger partial charge on any atom is 0.243 e. The van der Waals surface area contributed by atoms with Crippen LogP contribution in [0.1, 0.15) is 19.8 Å². The Morgan fingerprint density at radius 3 is 2.56 bits per heavy atom. The molecule has 0 saturated carbocycles. The lowest BCUT2D eigenvalue weighted by Gasteiger charge is -2.23. The molecule has 0 aromatic heterocycles. The van der Waals surface area contributed by atoms with Crippen LogP contribution in [0.4, 0.5) is 4.39 Å². The molecule has 1 heterocycles. The predicted molar refractivity (Wildman–Crippen MR) is 89.6 cm³/mol. The van der Waals surface area contributed by atoms with E-state index < -0.39 is 27.8 Å². The van der Waals surface area contributed by atoms with Crippen LogP contribution in [-0.2, 0) is 19.6 Å². The van der Waals surface area contributed by atoms with Crippen LogP contribution in [0.15, 0.2) is 29.2 Å². The highest BCUT2D eigenvalue weighted by atomic mass is 32.2. The van der Waals surface area contributed by atoms with E-state index >= 15 is 0 Å². The van der Waals surface area contributed by atoms with Crippen LogP contribution in [0.3, 0.4) is 0 Å². The van der Waals surface area contributed by atoms with Gasteiger partial charge in [0.15, 0.2) is 0 Å². The number of carbonyl (C=O) groups is 2. The predicted octanol–water partition coefficient (Wildman–Crippen LogP) is 0.573. The lowest BCUT2D eigenvalue weighted by molar-refractivity contribution is -0.132. The lowest BCUT2D eigenvalue weighted by atomic mass is 10.2. The third kappa shape index (κ3) is 4.35. The van der Waals surface area contributed by atoms with Crippen molar-refractivity contribution < 1.29 is 22.4 Å². The Morgan fingerprint density at radius 2 is 1.96 bits per heavy atom. The smallest absolute Gasteiger partial charge is 0.243 e. The fourth-order valence-corrected chi connectivity index (χ4v) is 4.28. The monoisotopic (exact) mass is 371 g/mol. The number of hydrogen-bond acceptors (Lipinski definition) is 4. The van der Waals surface area contributed by atoms with Gasteiger partial charge in [-0.1, -0.05) is 0 Å². The maximum atomic E-state index is 13.0. The average molecular weight is 371 g/mol. The molecule has 2 rings (SSSR count). The summed E-state index contributed by atoms with van der Waals surface area (Å²) in [6.07, 6.45) is 0.922. The molecule has 0 spiro atoms. The summed E-state index contributed by atoms with van der Waals surface area (Å²) in [6, 6.07) is 3.62. The minimum atomic E-state index is -3.90. The van der Waals surface area contributed by atoms with Crippen molar-refractivity contribution in [3.8, 4) is 0 Å². The van der Waals surface area contributed by atoms with Crippen molar-refractivity contribution in [2.45, 2.75) is 30.7 Å². The van der Waals surface area contributed by atoms with Crippen LogP contribution in [0.25, 0.3) is 0 Å². The van der Waals surface area contributed by atoms with Crippen LogP contribution < -0.4 is 5.32 Å². The topological polar surface area (TPSA) is 86.8 Å². The van der Waals surface area contributed by atoms with Crippen LogP contribution in [0, 0.1) is 5.82 Å². The van der Waals surface area contributed by atoms with E-state index in [-0.39, 0.29) is 23.9 Å². The third-order valence-corrected chi connectivity index (χ3v) is 6.16. The zero-order valence-corrected chi connectivity index (χ0v) is 15.1. The first-order chi connectivity index (χ1) is 11.8. The quantitative estimate of drug-likeness (QED) is 0.792. The second kappa shape index (κ2) is 7.92. The first kappa shape index (κ1) is 19.3. The van der Waals surface area contributed by atoms with Crippen molar-refractivity contribution in [1.82, 2.24) is 14.5 Å². The molecule has 0 aliphatic carbocycles. The van der Waals surface area contributed by atoms with E-state index in [1.165, 1.54) is 17.0 Å². The Kier molecular flexibility index (Phi) is 6.12. The average Bonchev–Trinajstić information content (AvgIpc) is 3.09. The van der Waals surface area contributed by atoms with Gasteiger partial charge in [0.05, 0.1) is 11.4 Å². The second-order valence-electron chi connectivity index (χ2n) is 5.85. The van der Waals surface area contributed by atoms with Gasteiger partial charge in [-0.3, -0.25) is 9.59 Å². The van der Waals surface area contributed by atoms with Crippen LogP contribution in [-0.4, -0.2) is 62.2 Å². The van der Waals surface area contributed by atoms with Crippen molar-refractivity contribution in [3.63, 3.8) is 0 Å². The molecule has 1 aromatic rings. The summed E-state index contributed by atoms with van der Waals surface area (Å²) >= 11 is 0. The largest absolute Gasteiger partial charge is 0.346 e. The Hall–Kier alpha value is -2.00. The standard InChI is InChI=1S/C16H22FN3O4S/c1-3-19(2)15(21)11-18-16(22)14-5-4-10-20(14)25(23,24)13-8-6-12(17)7-9-13/h6-9,14H,3-5,10-11H2,1-2H3,(H,18,22)/t14-/m0/s1. The van der Waals surface area contributed by atoms with Crippen molar-refractivity contribution in [1.29, 1.82) is 0 Å². The number of likely N-dealkylation sites (N-methyl/N-ethyl adjacent to an activating group) is 1. The summed E-state index contributed by atoms with van der Waals surface area (Å²) in [7, 11) is -2.28. The first-order valence-corrected chi connectivity index (χ1v) is 9.50. The number of hydrogen-bond donors (Lipinski definition) is 1. The van der Waals surface area contributed by atoms with E-state index in [1.54, 1.807) is 7.05 Å². The molecule has 2 amide bonds. The molecule has 1 aliphatic heterocycles. The molecule has 0 unspecified atom stereocenters. The summed E-state index contributed by atoms with van der Waals surface area (Å²) < 4.78 is 39.5. The molecule has 9 heteroatoms. The fourth-order valence-electron chi connectivity index (χ4n) is 2.62. The fraction of sp³-hybridized carbons (Fsp3) is 0.500. The summed E-state index contributed by atoms with van der Waals surface area (Å²) in [5.41, 5.74) is 0. The molecule has 1 saturated heterocycles. The van der Waals surface area contributed by atoms with Crippen LogP contribution >= 0.6 is 0 Å². The molecule has 1 fully saturated rings. The van der Waals surface area contributed by atoms with Crippen molar-refractivity contribution in [3.05, 3.63) is 30.1 Å². The molecular weight excluding hydrogens is 349 g/mol. The molecule has 25 heavy (non-hydrogen) atoms. The summed E-state index contributed by atoms with van der Waals surface area (Å²) in [4.78, 5) is 25.5. The van der Waals surface area contributed by atoms with E-state index in [4.69, 9.17) is 0 Å². The van der Waals surface area contributed by atoms with E-state index in [0.29, 0.717) is 19.4 Å². The zero-order valence-electron chi connectivity index (χ0n) is 14.2. The molecule has 138 valence electrons. The molecule has 1 aliphatic rings. The first-order valence-electron chi connectivity index (χ1n) is 8.06. The zero-order chi connectivity index (χ0) is 18.6. The molecule has 1 N–H and O–H groups in total. The van der Waals surface area contributed by atoms with Gasteiger partial charge in [-0.25, -0.2) is 12.8 Å². The number of benzene rings is 1. The normalized spacial score (nSPS) is 18.1. The maximum absolute atomic E-state index is 13.0. The van der Waals surface area contributed by atoms with Gasteiger partial charge in [-0.15, -0.1) is 0 Å². The molecule has 1 atom stereocenters. The van der Waals surface area contributed by atoms with Gasteiger partial charge in [0.25, 0.3) is 0 Å². The summed E-state index contributed by atoms with van der Waals surface area (Å²) in [6.45, 7) is 2.36. The number of carbonyl (C=O) groups excluding carboxylic acids is 2. The SMILES string of the molecule is CCN(C)C(=O)CNC(=O)[C@@H]1CCCN1S(=O)(=O)c1ccc(F)cc1. The number of amides is 2. The van der Waals surface area contributed by atoms with E-state index in [2.05, 4.69) is 5.32 Å². The Labute approximate surface area is 146 Å². The van der Waals surface area contributed by atoms with Gasteiger partial charge < -0.3 is 10.2 Å². The number of nitrogens with one attached hydrogen (secondary N) is 1. The number of nitrogens with zero attached hydrogens (tertiary/aromatic N) is 2. The Balaban J connectivity index is 2.10. The van der Waals surface area contributed by atoms with Crippen molar-refractivity contribution >= 4 is 21.8 Å². The van der Waals surface area contributed by atoms with E-state index in [9.17, 15) is 22.4 Å². The van der Waals surface area contributed by atoms with E-state index in [0.717, 1.165) is 16.4 Å². The minimum absolute atomic E-state index is 0.0598. The van der Waals surface area contributed by atoms with Gasteiger partial charge >= 0.3 is 0 Å². The number of halogens is 1. The van der Waals surface area contributed by atoms with Crippen LogP contribution in [0.2, 0.25) is 0 Å². The highest BCUT2D eigenvalue weighted by Gasteiger charge is 2.39. The molecule has 7 nitrogen and oxygen atoms in total.